The minimum atomic E-state index is -0.396. The molecule has 0 bridgehead atoms. The first kappa shape index (κ1) is 21.3. The largest absolute Gasteiger partial charge is 0.330 e. The van der Waals surface area contributed by atoms with Gasteiger partial charge in [-0.1, -0.05) is 30.3 Å². The molecule has 0 radical (unpaired) electrons. The SMILES string of the molecule is NCCCNCCCCNCCCN(O)C(=O)C=Cc1ccccc1. The van der Waals surface area contributed by atoms with Gasteiger partial charge in [0.15, 0.2) is 0 Å². The quantitative estimate of drug-likeness (QED) is 0.177. The van der Waals surface area contributed by atoms with E-state index >= 15 is 0 Å². The Hall–Kier alpha value is -1.73. The van der Waals surface area contributed by atoms with E-state index < -0.39 is 5.91 Å². The Morgan fingerprint density at radius 2 is 1.60 bits per heavy atom. The van der Waals surface area contributed by atoms with E-state index in [9.17, 15) is 10.0 Å². The van der Waals surface area contributed by atoms with Crippen molar-refractivity contribution in [3.63, 3.8) is 0 Å². The predicted octanol–water partition coefficient (Wildman–Crippen LogP) is 1.62. The van der Waals surface area contributed by atoms with Gasteiger partial charge in [0.05, 0.1) is 0 Å². The van der Waals surface area contributed by atoms with E-state index in [-0.39, 0.29) is 0 Å². The van der Waals surface area contributed by atoms with Crippen molar-refractivity contribution in [2.24, 2.45) is 5.73 Å². The van der Waals surface area contributed by atoms with Gasteiger partial charge < -0.3 is 16.4 Å². The van der Waals surface area contributed by atoms with Crippen LogP contribution in [0.4, 0.5) is 0 Å². The zero-order chi connectivity index (χ0) is 18.2. The second-order valence-electron chi connectivity index (χ2n) is 5.91. The minimum absolute atomic E-state index is 0.325. The summed E-state index contributed by atoms with van der Waals surface area (Å²) in [6, 6.07) is 9.54. The van der Waals surface area contributed by atoms with Crippen molar-refractivity contribution in [2.45, 2.75) is 25.7 Å². The van der Waals surface area contributed by atoms with Crippen LogP contribution in [0, 0.1) is 0 Å². The topological polar surface area (TPSA) is 90.6 Å². The zero-order valence-electron chi connectivity index (χ0n) is 15.0. The van der Waals surface area contributed by atoms with E-state index in [0.717, 1.165) is 69.0 Å². The Morgan fingerprint density at radius 1 is 1.00 bits per heavy atom. The minimum Gasteiger partial charge on any atom is -0.330 e. The van der Waals surface area contributed by atoms with Gasteiger partial charge in [0.1, 0.15) is 0 Å². The highest BCUT2D eigenvalue weighted by Crippen LogP contribution is 2.01. The van der Waals surface area contributed by atoms with Gasteiger partial charge in [-0.2, -0.15) is 0 Å². The maximum Gasteiger partial charge on any atom is 0.269 e. The normalized spacial score (nSPS) is 11.1. The van der Waals surface area contributed by atoms with Crippen molar-refractivity contribution < 1.29 is 10.0 Å². The molecule has 1 aromatic rings. The van der Waals surface area contributed by atoms with Crippen LogP contribution in [0.5, 0.6) is 0 Å². The number of hydrogen-bond acceptors (Lipinski definition) is 5. The molecule has 0 aliphatic heterocycles. The van der Waals surface area contributed by atoms with Crippen LogP contribution in [0.3, 0.4) is 0 Å². The van der Waals surface area contributed by atoms with Crippen LogP contribution in [0.15, 0.2) is 36.4 Å². The Bertz CT molecular complexity index is 480. The molecule has 0 heterocycles. The summed E-state index contributed by atoms with van der Waals surface area (Å²) in [5.41, 5.74) is 6.36. The molecular formula is C19H32N4O2. The number of benzene rings is 1. The van der Waals surface area contributed by atoms with Gasteiger partial charge in [-0.05, 0) is 70.0 Å². The average Bonchev–Trinajstić information content (AvgIpc) is 2.64. The first-order valence-electron chi connectivity index (χ1n) is 9.09. The van der Waals surface area contributed by atoms with Crippen LogP contribution in [0.2, 0.25) is 0 Å². The fourth-order valence-electron chi connectivity index (χ4n) is 2.26. The standard InChI is InChI=1S/C19H32N4O2/c20-12-6-15-21-13-4-5-14-22-16-7-17-23(25)19(24)11-10-18-8-2-1-3-9-18/h1-3,8-11,21-22,25H,4-7,12-17,20H2. The number of nitrogens with two attached hydrogens (primary N) is 1. The Labute approximate surface area is 151 Å². The van der Waals surface area contributed by atoms with E-state index in [4.69, 9.17) is 5.73 Å². The van der Waals surface area contributed by atoms with Crippen molar-refractivity contribution in [1.29, 1.82) is 0 Å². The Balaban J connectivity index is 1.98. The molecule has 0 saturated heterocycles. The van der Waals surface area contributed by atoms with E-state index in [0.29, 0.717) is 6.54 Å². The third-order valence-corrected chi connectivity index (χ3v) is 3.71. The molecule has 6 nitrogen and oxygen atoms in total. The number of hydroxylamine groups is 2. The molecule has 0 aliphatic carbocycles. The van der Waals surface area contributed by atoms with E-state index in [1.165, 1.54) is 6.08 Å². The summed E-state index contributed by atoms with van der Waals surface area (Å²) in [5.74, 6) is -0.396. The summed E-state index contributed by atoms with van der Waals surface area (Å²) in [5, 5.41) is 17.2. The molecule has 140 valence electrons. The highest BCUT2D eigenvalue weighted by atomic mass is 16.5. The van der Waals surface area contributed by atoms with Gasteiger partial charge in [0, 0.05) is 12.6 Å². The van der Waals surface area contributed by atoms with Crippen LogP contribution in [-0.4, -0.2) is 55.4 Å². The summed E-state index contributed by atoms with van der Waals surface area (Å²) < 4.78 is 0. The lowest BCUT2D eigenvalue weighted by Crippen LogP contribution is -2.29. The molecule has 0 fully saturated rings. The van der Waals surface area contributed by atoms with E-state index in [1.54, 1.807) is 6.08 Å². The van der Waals surface area contributed by atoms with Crippen LogP contribution >= 0.6 is 0 Å². The summed E-state index contributed by atoms with van der Waals surface area (Å²) in [4.78, 5) is 11.8. The van der Waals surface area contributed by atoms with Crippen molar-refractivity contribution in [1.82, 2.24) is 15.7 Å². The number of carbonyl (C=O) groups is 1. The lowest BCUT2D eigenvalue weighted by Gasteiger charge is -2.13. The maximum atomic E-state index is 11.8. The molecule has 5 N–H and O–H groups in total. The highest BCUT2D eigenvalue weighted by Gasteiger charge is 2.06. The summed E-state index contributed by atoms with van der Waals surface area (Å²) in [7, 11) is 0. The fourth-order valence-corrected chi connectivity index (χ4v) is 2.26. The molecule has 1 aromatic carbocycles. The molecule has 0 aromatic heterocycles. The monoisotopic (exact) mass is 348 g/mol. The van der Waals surface area contributed by atoms with Crippen LogP contribution in [0.1, 0.15) is 31.2 Å². The third-order valence-electron chi connectivity index (χ3n) is 3.71. The third kappa shape index (κ3) is 11.4. The predicted molar refractivity (Wildman–Crippen MR) is 102 cm³/mol. The van der Waals surface area contributed by atoms with E-state index in [2.05, 4.69) is 10.6 Å². The molecular weight excluding hydrogens is 316 g/mol. The van der Waals surface area contributed by atoms with Crippen LogP contribution in [0.25, 0.3) is 6.08 Å². The second kappa shape index (κ2) is 14.6. The molecule has 0 atom stereocenters. The first-order valence-corrected chi connectivity index (χ1v) is 9.09. The van der Waals surface area contributed by atoms with Crippen LogP contribution < -0.4 is 16.4 Å². The number of unbranched alkanes of at least 4 members (excludes halogenated alkanes) is 1. The van der Waals surface area contributed by atoms with Crippen molar-refractivity contribution in [2.75, 3.05) is 39.3 Å². The number of nitrogens with zero attached hydrogens (tertiary/aromatic N) is 1. The van der Waals surface area contributed by atoms with Crippen molar-refractivity contribution in [3.05, 3.63) is 42.0 Å². The number of hydrogen-bond donors (Lipinski definition) is 4. The zero-order valence-corrected chi connectivity index (χ0v) is 15.0. The number of carbonyl (C=O) groups excluding carboxylic acids is 1. The van der Waals surface area contributed by atoms with Crippen molar-refractivity contribution >= 4 is 12.0 Å². The van der Waals surface area contributed by atoms with Gasteiger partial charge in [-0.15, -0.1) is 0 Å². The summed E-state index contributed by atoms with van der Waals surface area (Å²) >= 11 is 0. The molecule has 1 rings (SSSR count). The molecule has 25 heavy (non-hydrogen) atoms. The Morgan fingerprint density at radius 3 is 2.24 bits per heavy atom. The van der Waals surface area contributed by atoms with Gasteiger partial charge in [0.25, 0.3) is 5.91 Å². The van der Waals surface area contributed by atoms with Crippen molar-refractivity contribution in [3.8, 4) is 0 Å². The lowest BCUT2D eigenvalue weighted by atomic mass is 10.2. The van der Waals surface area contributed by atoms with Gasteiger partial charge >= 0.3 is 0 Å². The number of rotatable bonds is 14. The number of amides is 1. The first-order chi connectivity index (χ1) is 12.2. The van der Waals surface area contributed by atoms with Gasteiger partial charge in [-0.3, -0.25) is 10.0 Å². The smallest absolute Gasteiger partial charge is 0.269 e. The summed E-state index contributed by atoms with van der Waals surface area (Å²) in [6.07, 6.45) is 7.07. The van der Waals surface area contributed by atoms with Gasteiger partial charge in [-0.25, -0.2) is 5.06 Å². The molecule has 1 amide bonds. The van der Waals surface area contributed by atoms with E-state index in [1.807, 2.05) is 30.3 Å². The van der Waals surface area contributed by atoms with Crippen LogP contribution in [-0.2, 0) is 4.79 Å². The summed E-state index contributed by atoms with van der Waals surface area (Å²) in [6.45, 7) is 4.81. The molecule has 0 unspecified atom stereocenters. The van der Waals surface area contributed by atoms with Gasteiger partial charge in [0.2, 0.25) is 0 Å². The maximum absolute atomic E-state index is 11.8. The molecule has 0 aliphatic rings. The number of nitrogens with one attached hydrogen (secondary N) is 2. The Kier molecular flexibility index (Phi) is 12.4. The fraction of sp³-hybridized carbons (Fsp3) is 0.526. The molecule has 0 spiro atoms. The lowest BCUT2D eigenvalue weighted by molar-refractivity contribution is -0.159. The highest BCUT2D eigenvalue weighted by molar-refractivity contribution is 5.90. The molecule has 6 heteroatoms. The second-order valence-corrected chi connectivity index (χ2v) is 5.91. The average molecular weight is 348 g/mol. The molecule has 0 saturated carbocycles.